The Kier molecular flexibility index (Phi) is 3.86. The van der Waals surface area contributed by atoms with Crippen molar-refractivity contribution in [1.29, 1.82) is 0 Å². The summed E-state index contributed by atoms with van der Waals surface area (Å²) in [6.07, 6.45) is 1.54. The molecule has 1 N–H and O–H groups in total. The van der Waals surface area contributed by atoms with Gasteiger partial charge < -0.3 is 9.73 Å². The molecule has 1 unspecified atom stereocenters. The Morgan fingerprint density at radius 3 is 2.71 bits per heavy atom. The van der Waals surface area contributed by atoms with Crippen LogP contribution in [0.15, 0.2) is 39.4 Å². The van der Waals surface area contributed by atoms with Crippen LogP contribution in [-0.2, 0) is 0 Å². The minimum Gasteiger partial charge on any atom is -0.466 e. The molecule has 1 aromatic carbocycles. The number of nitrogens with one attached hydrogen (secondary N) is 1. The van der Waals surface area contributed by atoms with Gasteiger partial charge in [0.2, 0.25) is 0 Å². The van der Waals surface area contributed by atoms with Crippen LogP contribution in [0.3, 0.4) is 0 Å². The van der Waals surface area contributed by atoms with Crippen molar-refractivity contribution in [1.82, 2.24) is 5.32 Å². The number of benzene rings is 1. The van der Waals surface area contributed by atoms with E-state index in [1.54, 1.807) is 31.5 Å². The molecule has 1 aromatic heterocycles. The van der Waals surface area contributed by atoms with Crippen molar-refractivity contribution in [2.24, 2.45) is 0 Å². The zero-order valence-corrected chi connectivity index (χ0v) is 11.3. The lowest BCUT2D eigenvalue weighted by Gasteiger charge is -2.17. The lowest BCUT2D eigenvalue weighted by molar-refractivity contribution is 0.450. The number of halogens is 3. The van der Waals surface area contributed by atoms with E-state index < -0.39 is 6.04 Å². The predicted molar refractivity (Wildman–Crippen MR) is 68.7 cm³/mol. The lowest BCUT2D eigenvalue weighted by Crippen LogP contribution is -2.19. The van der Waals surface area contributed by atoms with Gasteiger partial charge in [0.15, 0.2) is 0 Å². The van der Waals surface area contributed by atoms with Crippen molar-refractivity contribution >= 4 is 27.5 Å². The van der Waals surface area contributed by atoms with Crippen LogP contribution in [0.5, 0.6) is 0 Å². The molecule has 2 aromatic rings. The monoisotopic (exact) mass is 317 g/mol. The molecule has 0 aliphatic rings. The van der Waals surface area contributed by atoms with Gasteiger partial charge in [-0.2, -0.15) is 0 Å². The molecule has 0 bridgehead atoms. The van der Waals surface area contributed by atoms with Gasteiger partial charge in [-0.05, 0) is 41.2 Å². The molecule has 2 rings (SSSR count). The maximum Gasteiger partial charge on any atom is 0.139 e. The minimum absolute atomic E-state index is 0.361. The fourth-order valence-electron chi connectivity index (χ4n) is 1.70. The molecular weight excluding hydrogens is 308 g/mol. The van der Waals surface area contributed by atoms with Crippen LogP contribution in [0.4, 0.5) is 4.39 Å². The van der Waals surface area contributed by atoms with Crippen molar-refractivity contribution in [3.05, 3.63) is 57.2 Å². The first kappa shape index (κ1) is 12.6. The van der Waals surface area contributed by atoms with Crippen molar-refractivity contribution in [3.8, 4) is 0 Å². The molecule has 0 amide bonds. The summed E-state index contributed by atoms with van der Waals surface area (Å²) < 4.78 is 20.0. The second-order valence-electron chi connectivity index (χ2n) is 3.49. The zero-order valence-electron chi connectivity index (χ0n) is 9.01. The summed E-state index contributed by atoms with van der Waals surface area (Å²) >= 11 is 9.39. The average molecular weight is 319 g/mol. The Balaban J connectivity index is 2.53. The van der Waals surface area contributed by atoms with Crippen LogP contribution in [-0.4, -0.2) is 7.05 Å². The summed E-state index contributed by atoms with van der Waals surface area (Å²) in [6.45, 7) is 0. The van der Waals surface area contributed by atoms with Gasteiger partial charge in [-0.3, -0.25) is 0 Å². The van der Waals surface area contributed by atoms with Gasteiger partial charge in [-0.1, -0.05) is 17.7 Å². The first-order valence-electron chi connectivity index (χ1n) is 4.99. The van der Waals surface area contributed by atoms with Crippen LogP contribution >= 0.6 is 27.5 Å². The summed E-state index contributed by atoms with van der Waals surface area (Å²) in [5.41, 5.74) is 0.382. The number of furan rings is 1. The molecule has 2 nitrogen and oxygen atoms in total. The molecule has 17 heavy (non-hydrogen) atoms. The zero-order chi connectivity index (χ0) is 12.4. The Morgan fingerprint density at radius 2 is 2.18 bits per heavy atom. The van der Waals surface area contributed by atoms with Gasteiger partial charge in [-0.15, -0.1) is 0 Å². The molecule has 0 saturated carbocycles. The third-order valence-corrected chi connectivity index (χ3v) is 3.47. The molecule has 0 aliphatic carbocycles. The fourth-order valence-corrected chi connectivity index (χ4v) is 2.41. The maximum absolute atomic E-state index is 13.8. The summed E-state index contributed by atoms with van der Waals surface area (Å²) in [6, 6.07) is 5.94. The normalized spacial score (nSPS) is 12.7. The highest BCUT2D eigenvalue weighted by atomic mass is 79.9. The molecule has 90 valence electrons. The van der Waals surface area contributed by atoms with Crippen LogP contribution in [0.1, 0.15) is 17.4 Å². The molecule has 1 atom stereocenters. The topological polar surface area (TPSA) is 25.2 Å². The molecule has 0 saturated heterocycles. The van der Waals surface area contributed by atoms with E-state index in [0.717, 1.165) is 4.47 Å². The first-order chi connectivity index (χ1) is 8.15. The van der Waals surface area contributed by atoms with E-state index in [0.29, 0.717) is 16.3 Å². The summed E-state index contributed by atoms with van der Waals surface area (Å²) in [7, 11) is 1.72. The largest absolute Gasteiger partial charge is 0.466 e. The molecule has 1 heterocycles. The van der Waals surface area contributed by atoms with Gasteiger partial charge in [0, 0.05) is 10.6 Å². The van der Waals surface area contributed by atoms with E-state index in [2.05, 4.69) is 21.2 Å². The van der Waals surface area contributed by atoms with Gasteiger partial charge >= 0.3 is 0 Å². The van der Waals surface area contributed by atoms with E-state index in [9.17, 15) is 4.39 Å². The van der Waals surface area contributed by atoms with E-state index in [-0.39, 0.29) is 5.82 Å². The summed E-state index contributed by atoms with van der Waals surface area (Å²) in [4.78, 5) is 0. The minimum atomic E-state index is -0.423. The van der Waals surface area contributed by atoms with Crippen molar-refractivity contribution in [3.63, 3.8) is 0 Å². The van der Waals surface area contributed by atoms with Crippen molar-refractivity contribution < 1.29 is 8.81 Å². The second-order valence-corrected chi connectivity index (χ2v) is 4.75. The fraction of sp³-hybridized carbons (Fsp3) is 0.167. The predicted octanol–water partition coefficient (Wildman–Crippen LogP) is 4.14. The standard InChI is InChI=1S/C12H10BrClFNO/c1-16-11(12-7(13)5-6-17-12)10-8(14)3-2-4-9(10)15/h2-6,11,16H,1H3. The second kappa shape index (κ2) is 5.21. The van der Waals surface area contributed by atoms with Gasteiger partial charge in [-0.25, -0.2) is 4.39 Å². The van der Waals surface area contributed by atoms with Gasteiger partial charge in [0.25, 0.3) is 0 Å². The highest BCUT2D eigenvalue weighted by molar-refractivity contribution is 9.10. The van der Waals surface area contributed by atoms with Gasteiger partial charge in [0.05, 0.1) is 16.8 Å². The third kappa shape index (κ3) is 2.39. The van der Waals surface area contributed by atoms with Crippen LogP contribution in [0, 0.1) is 5.82 Å². The Morgan fingerprint density at radius 1 is 1.41 bits per heavy atom. The van der Waals surface area contributed by atoms with Crippen molar-refractivity contribution in [2.45, 2.75) is 6.04 Å². The molecule has 5 heteroatoms. The lowest BCUT2D eigenvalue weighted by atomic mass is 10.0. The van der Waals surface area contributed by atoms with Crippen LogP contribution in [0.2, 0.25) is 5.02 Å². The molecule has 0 fully saturated rings. The number of hydrogen-bond donors (Lipinski definition) is 1. The average Bonchev–Trinajstić information content (AvgIpc) is 2.70. The Bertz CT molecular complexity index is 509. The first-order valence-corrected chi connectivity index (χ1v) is 6.16. The highest BCUT2D eigenvalue weighted by Crippen LogP contribution is 2.34. The van der Waals surface area contributed by atoms with Crippen LogP contribution < -0.4 is 5.32 Å². The van der Waals surface area contributed by atoms with Crippen molar-refractivity contribution in [2.75, 3.05) is 7.05 Å². The quantitative estimate of drug-likeness (QED) is 0.920. The molecule has 0 aliphatic heterocycles. The maximum atomic E-state index is 13.8. The van der Waals surface area contributed by atoms with Crippen LogP contribution in [0.25, 0.3) is 0 Å². The Labute approximate surface area is 112 Å². The van der Waals surface area contributed by atoms with Gasteiger partial charge in [0.1, 0.15) is 11.6 Å². The molecule has 0 spiro atoms. The SMILES string of the molecule is CNC(c1occc1Br)c1c(F)cccc1Cl. The van der Waals surface area contributed by atoms with E-state index in [4.69, 9.17) is 16.0 Å². The smallest absolute Gasteiger partial charge is 0.139 e. The van der Waals surface area contributed by atoms with E-state index in [1.807, 2.05) is 0 Å². The highest BCUT2D eigenvalue weighted by Gasteiger charge is 2.23. The molecule has 0 radical (unpaired) electrons. The van der Waals surface area contributed by atoms with E-state index in [1.165, 1.54) is 6.07 Å². The third-order valence-electron chi connectivity index (χ3n) is 2.48. The Hall–Kier alpha value is -0.840. The number of rotatable bonds is 3. The summed E-state index contributed by atoms with van der Waals surface area (Å²) in [5.74, 6) is 0.236. The molecular formula is C12H10BrClFNO. The van der Waals surface area contributed by atoms with E-state index >= 15 is 0 Å². The summed E-state index contributed by atoms with van der Waals surface area (Å²) in [5, 5.41) is 3.36. The number of hydrogen-bond acceptors (Lipinski definition) is 2.